The third-order valence-electron chi connectivity index (χ3n) is 3.64. The van der Waals surface area contributed by atoms with Crippen molar-refractivity contribution in [1.29, 1.82) is 0 Å². The highest BCUT2D eigenvalue weighted by molar-refractivity contribution is 5.37. The van der Waals surface area contributed by atoms with Crippen LogP contribution >= 0.6 is 0 Å². The largest absolute Gasteiger partial charge is 0.353 e. The number of benzene rings is 1. The SMILES string of the molecule is CCOC(CCCNCc1c(C)cc(C)cc1C)OCC. The maximum Gasteiger partial charge on any atom is 0.157 e. The van der Waals surface area contributed by atoms with Gasteiger partial charge in [-0.3, -0.25) is 0 Å². The Kier molecular flexibility index (Phi) is 8.58. The van der Waals surface area contributed by atoms with Crippen molar-refractivity contribution in [2.45, 2.75) is 60.3 Å². The maximum atomic E-state index is 5.55. The first-order chi connectivity index (χ1) is 10.1. The van der Waals surface area contributed by atoms with Crippen LogP contribution < -0.4 is 5.32 Å². The van der Waals surface area contributed by atoms with Gasteiger partial charge in [0.25, 0.3) is 0 Å². The molecule has 0 heterocycles. The molecule has 120 valence electrons. The van der Waals surface area contributed by atoms with Gasteiger partial charge < -0.3 is 14.8 Å². The fraction of sp³-hybridized carbons (Fsp3) is 0.667. The molecule has 0 fully saturated rings. The van der Waals surface area contributed by atoms with Crippen LogP contribution in [0.25, 0.3) is 0 Å². The van der Waals surface area contributed by atoms with Crippen molar-refractivity contribution in [1.82, 2.24) is 5.32 Å². The number of hydrogen-bond acceptors (Lipinski definition) is 3. The molecule has 0 atom stereocenters. The van der Waals surface area contributed by atoms with Crippen LogP contribution in [0.15, 0.2) is 12.1 Å². The molecular formula is C18H31NO2. The van der Waals surface area contributed by atoms with E-state index < -0.39 is 0 Å². The Morgan fingerprint density at radius 3 is 2.10 bits per heavy atom. The molecule has 21 heavy (non-hydrogen) atoms. The van der Waals surface area contributed by atoms with Gasteiger partial charge in [0.2, 0.25) is 0 Å². The molecule has 0 aliphatic heterocycles. The Bertz CT molecular complexity index is 389. The van der Waals surface area contributed by atoms with Gasteiger partial charge in [-0.05, 0) is 70.7 Å². The van der Waals surface area contributed by atoms with Gasteiger partial charge in [0.1, 0.15) is 0 Å². The molecule has 3 heteroatoms. The second kappa shape index (κ2) is 9.93. The monoisotopic (exact) mass is 293 g/mol. The minimum Gasteiger partial charge on any atom is -0.353 e. The van der Waals surface area contributed by atoms with Gasteiger partial charge in [-0.1, -0.05) is 17.7 Å². The topological polar surface area (TPSA) is 30.5 Å². The standard InChI is InChI=1S/C18H31NO2/c1-6-20-18(21-7-2)9-8-10-19-13-17-15(4)11-14(3)12-16(17)5/h11-12,18-19H,6-10,13H2,1-5H3. The van der Waals surface area contributed by atoms with E-state index in [9.17, 15) is 0 Å². The molecule has 1 rings (SSSR count). The molecule has 3 nitrogen and oxygen atoms in total. The summed E-state index contributed by atoms with van der Waals surface area (Å²) >= 11 is 0. The normalized spacial score (nSPS) is 11.3. The van der Waals surface area contributed by atoms with Crippen LogP contribution in [0.2, 0.25) is 0 Å². The first-order valence-corrected chi connectivity index (χ1v) is 8.09. The molecular weight excluding hydrogens is 262 g/mol. The number of ether oxygens (including phenoxy) is 2. The van der Waals surface area contributed by atoms with E-state index in [2.05, 4.69) is 38.2 Å². The minimum atomic E-state index is -0.0513. The van der Waals surface area contributed by atoms with E-state index in [0.29, 0.717) is 13.2 Å². The minimum absolute atomic E-state index is 0.0513. The maximum absolute atomic E-state index is 5.55. The summed E-state index contributed by atoms with van der Waals surface area (Å²) in [7, 11) is 0. The van der Waals surface area contributed by atoms with Gasteiger partial charge in [0.15, 0.2) is 6.29 Å². The molecule has 0 spiro atoms. The van der Waals surface area contributed by atoms with Crippen LogP contribution in [-0.2, 0) is 16.0 Å². The zero-order valence-electron chi connectivity index (χ0n) is 14.3. The third-order valence-corrected chi connectivity index (χ3v) is 3.64. The average molecular weight is 293 g/mol. The smallest absolute Gasteiger partial charge is 0.157 e. The summed E-state index contributed by atoms with van der Waals surface area (Å²) in [6.45, 7) is 13.9. The van der Waals surface area contributed by atoms with E-state index in [4.69, 9.17) is 9.47 Å². The van der Waals surface area contributed by atoms with E-state index >= 15 is 0 Å². The second-order valence-electron chi connectivity index (χ2n) is 5.54. The molecule has 1 N–H and O–H groups in total. The van der Waals surface area contributed by atoms with Crippen molar-refractivity contribution in [2.75, 3.05) is 19.8 Å². The first-order valence-electron chi connectivity index (χ1n) is 8.09. The summed E-state index contributed by atoms with van der Waals surface area (Å²) in [4.78, 5) is 0. The van der Waals surface area contributed by atoms with Crippen LogP contribution in [0, 0.1) is 20.8 Å². The summed E-state index contributed by atoms with van der Waals surface area (Å²) in [6, 6.07) is 4.51. The fourth-order valence-corrected chi connectivity index (χ4v) is 2.68. The zero-order chi connectivity index (χ0) is 15.7. The van der Waals surface area contributed by atoms with Gasteiger partial charge in [0, 0.05) is 19.8 Å². The van der Waals surface area contributed by atoms with Crippen LogP contribution in [-0.4, -0.2) is 26.0 Å². The van der Waals surface area contributed by atoms with Crippen molar-refractivity contribution < 1.29 is 9.47 Å². The Morgan fingerprint density at radius 2 is 1.57 bits per heavy atom. The highest BCUT2D eigenvalue weighted by Crippen LogP contribution is 2.16. The van der Waals surface area contributed by atoms with Crippen molar-refractivity contribution in [3.8, 4) is 0 Å². The van der Waals surface area contributed by atoms with Gasteiger partial charge in [0.05, 0.1) is 0 Å². The first kappa shape index (κ1) is 18.1. The van der Waals surface area contributed by atoms with Crippen LogP contribution in [0.4, 0.5) is 0 Å². The Hall–Kier alpha value is -0.900. The summed E-state index contributed by atoms with van der Waals surface area (Å²) in [5.74, 6) is 0. The van der Waals surface area contributed by atoms with Gasteiger partial charge >= 0.3 is 0 Å². The quantitative estimate of drug-likeness (QED) is 0.524. The molecule has 1 aromatic rings. The highest BCUT2D eigenvalue weighted by Gasteiger charge is 2.07. The molecule has 0 saturated heterocycles. The number of hydrogen-bond donors (Lipinski definition) is 1. The predicted octanol–water partition coefficient (Wildman–Crippen LogP) is 3.88. The van der Waals surface area contributed by atoms with Crippen molar-refractivity contribution in [2.24, 2.45) is 0 Å². The fourth-order valence-electron chi connectivity index (χ4n) is 2.68. The molecule has 0 aromatic heterocycles. The van der Waals surface area contributed by atoms with E-state index in [1.54, 1.807) is 0 Å². The summed E-state index contributed by atoms with van der Waals surface area (Å²) in [6.07, 6.45) is 1.96. The lowest BCUT2D eigenvalue weighted by atomic mass is 10.00. The molecule has 0 bridgehead atoms. The number of aryl methyl sites for hydroxylation is 3. The summed E-state index contributed by atoms with van der Waals surface area (Å²) in [5.41, 5.74) is 5.51. The number of rotatable bonds is 10. The highest BCUT2D eigenvalue weighted by atomic mass is 16.7. The van der Waals surface area contributed by atoms with Gasteiger partial charge in [-0.25, -0.2) is 0 Å². The summed E-state index contributed by atoms with van der Waals surface area (Å²) in [5, 5.41) is 3.53. The van der Waals surface area contributed by atoms with Crippen LogP contribution in [0.5, 0.6) is 0 Å². The third kappa shape index (κ3) is 6.60. The van der Waals surface area contributed by atoms with Crippen molar-refractivity contribution in [3.05, 3.63) is 34.4 Å². The lowest BCUT2D eigenvalue weighted by molar-refractivity contribution is -0.139. The molecule has 0 amide bonds. The average Bonchev–Trinajstić information content (AvgIpc) is 2.41. The molecule has 0 aliphatic carbocycles. The van der Waals surface area contributed by atoms with Gasteiger partial charge in [-0.15, -0.1) is 0 Å². The molecule has 0 radical (unpaired) electrons. The summed E-state index contributed by atoms with van der Waals surface area (Å²) < 4.78 is 11.1. The Balaban J connectivity index is 2.31. The second-order valence-corrected chi connectivity index (χ2v) is 5.54. The van der Waals surface area contributed by atoms with E-state index in [0.717, 1.165) is 25.9 Å². The predicted molar refractivity (Wildman–Crippen MR) is 88.6 cm³/mol. The van der Waals surface area contributed by atoms with E-state index in [1.807, 2.05) is 13.8 Å². The van der Waals surface area contributed by atoms with Crippen LogP contribution in [0.3, 0.4) is 0 Å². The molecule has 0 saturated carbocycles. The molecule has 1 aromatic carbocycles. The number of nitrogens with one attached hydrogen (secondary N) is 1. The van der Waals surface area contributed by atoms with Gasteiger partial charge in [-0.2, -0.15) is 0 Å². The Morgan fingerprint density at radius 1 is 1.00 bits per heavy atom. The zero-order valence-corrected chi connectivity index (χ0v) is 14.3. The molecule has 0 aliphatic rings. The lowest BCUT2D eigenvalue weighted by Gasteiger charge is -2.17. The van der Waals surface area contributed by atoms with E-state index in [-0.39, 0.29) is 6.29 Å². The van der Waals surface area contributed by atoms with Crippen molar-refractivity contribution >= 4 is 0 Å². The lowest BCUT2D eigenvalue weighted by Crippen LogP contribution is -2.21. The Labute approximate surface area is 130 Å². The molecule has 0 unspecified atom stereocenters. The van der Waals surface area contributed by atoms with E-state index in [1.165, 1.54) is 22.3 Å². The van der Waals surface area contributed by atoms with Crippen molar-refractivity contribution in [3.63, 3.8) is 0 Å². The van der Waals surface area contributed by atoms with Crippen LogP contribution in [0.1, 0.15) is 48.9 Å².